The zero-order chi connectivity index (χ0) is 22.4. The Bertz CT molecular complexity index is 1140. The fourth-order valence-electron chi connectivity index (χ4n) is 3.61. The van der Waals surface area contributed by atoms with Crippen LogP contribution in [0.2, 0.25) is 0 Å². The van der Waals surface area contributed by atoms with Crippen molar-refractivity contribution >= 4 is 45.6 Å². The molecule has 0 aliphatic carbocycles. The largest absolute Gasteiger partial charge is 0.416 e. The summed E-state index contributed by atoms with van der Waals surface area (Å²) >= 11 is 2.10. The van der Waals surface area contributed by atoms with E-state index in [4.69, 9.17) is 0 Å². The molecule has 0 saturated heterocycles. The zero-order valence-corrected chi connectivity index (χ0v) is 19.0. The van der Waals surface area contributed by atoms with Gasteiger partial charge in [-0.15, -0.1) is 0 Å². The van der Waals surface area contributed by atoms with Crippen molar-refractivity contribution < 1.29 is 18.0 Å². The maximum atomic E-state index is 13.4. The molecule has 4 rings (SSSR count). The number of nitrogens with zero attached hydrogens (tertiary/aromatic N) is 3. The average molecular weight is 540 g/mol. The van der Waals surface area contributed by atoms with Crippen LogP contribution in [0.3, 0.4) is 0 Å². The highest BCUT2D eigenvalue weighted by molar-refractivity contribution is 14.1. The Kier molecular flexibility index (Phi) is 5.48. The molecule has 1 aromatic heterocycles. The normalized spacial score (nSPS) is 13.9. The third-order valence-electron chi connectivity index (χ3n) is 5.43. The summed E-state index contributed by atoms with van der Waals surface area (Å²) in [5.74, 6) is -0.375. The monoisotopic (exact) mass is 540 g/mol. The lowest BCUT2D eigenvalue weighted by Crippen LogP contribution is -2.41. The second-order valence-electron chi connectivity index (χ2n) is 7.88. The van der Waals surface area contributed by atoms with Crippen LogP contribution >= 0.6 is 22.6 Å². The third kappa shape index (κ3) is 4.15. The summed E-state index contributed by atoms with van der Waals surface area (Å²) in [5.41, 5.74) is 0.753. The molecule has 3 aromatic rings. The highest BCUT2D eigenvalue weighted by atomic mass is 127. The van der Waals surface area contributed by atoms with E-state index in [2.05, 4.69) is 33.0 Å². The van der Waals surface area contributed by atoms with Gasteiger partial charge in [0.15, 0.2) is 0 Å². The Morgan fingerprint density at radius 3 is 2.55 bits per heavy atom. The van der Waals surface area contributed by atoms with Crippen LogP contribution in [0.4, 0.5) is 30.2 Å². The first kappa shape index (κ1) is 21.7. The van der Waals surface area contributed by atoms with E-state index < -0.39 is 17.3 Å². The number of aromatic nitrogens is 2. The molecule has 0 atom stereocenters. The van der Waals surface area contributed by atoms with Crippen molar-refractivity contribution in [3.8, 4) is 0 Å². The smallest absolute Gasteiger partial charge is 0.339 e. The Hall–Kier alpha value is -2.56. The standard InChI is InChI=1S/C22H20F3IN4O/c1-21(2,30-13-16(26)12-27-30)20(31)28-17-8-7-15(22(23,24)25)11-19(17)29-10-9-14-5-3-4-6-18(14)29/h3-8,11-13H,9-10H2,1-2H3,(H,28,31). The van der Waals surface area contributed by atoms with Gasteiger partial charge in [0.2, 0.25) is 0 Å². The second-order valence-corrected chi connectivity index (χ2v) is 9.12. The van der Waals surface area contributed by atoms with Crippen molar-refractivity contribution in [1.82, 2.24) is 9.78 Å². The summed E-state index contributed by atoms with van der Waals surface area (Å²) in [6.07, 6.45) is -0.386. The molecule has 2 heterocycles. The highest BCUT2D eigenvalue weighted by Gasteiger charge is 2.35. The Morgan fingerprint density at radius 2 is 1.87 bits per heavy atom. The number of halogens is 4. The van der Waals surface area contributed by atoms with E-state index in [1.165, 1.54) is 6.07 Å². The van der Waals surface area contributed by atoms with Crippen LogP contribution in [0.25, 0.3) is 0 Å². The van der Waals surface area contributed by atoms with E-state index in [1.807, 2.05) is 29.2 Å². The van der Waals surface area contributed by atoms with Crippen LogP contribution in [0.1, 0.15) is 25.0 Å². The number of alkyl halides is 3. The lowest BCUT2D eigenvalue weighted by Gasteiger charge is -2.28. The fraction of sp³-hybridized carbons (Fsp3) is 0.273. The van der Waals surface area contributed by atoms with E-state index in [0.29, 0.717) is 17.9 Å². The molecule has 5 nitrogen and oxygen atoms in total. The second kappa shape index (κ2) is 7.85. The van der Waals surface area contributed by atoms with Crippen molar-refractivity contribution in [3.63, 3.8) is 0 Å². The van der Waals surface area contributed by atoms with E-state index in [1.54, 1.807) is 30.9 Å². The number of rotatable bonds is 4. The van der Waals surface area contributed by atoms with E-state index in [9.17, 15) is 18.0 Å². The minimum atomic E-state index is -4.48. The summed E-state index contributed by atoms with van der Waals surface area (Å²) in [5, 5.41) is 7.05. The van der Waals surface area contributed by atoms with Crippen molar-refractivity contribution in [1.29, 1.82) is 0 Å². The van der Waals surface area contributed by atoms with Crippen LogP contribution in [0, 0.1) is 3.57 Å². The zero-order valence-electron chi connectivity index (χ0n) is 16.9. The molecule has 31 heavy (non-hydrogen) atoms. The first-order valence-electron chi connectivity index (χ1n) is 9.66. The molecular weight excluding hydrogens is 520 g/mol. The summed E-state index contributed by atoms with van der Waals surface area (Å²) in [4.78, 5) is 14.9. The van der Waals surface area contributed by atoms with Gasteiger partial charge in [-0.05, 0) is 72.7 Å². The quantitative estimate of drug-likeness (QED) is 0.440. The van der Waals surface area contributed by atoms with Gasteiger partial charge >= 0.3 is 6.18 Å². The number of fused-ring (bicyclic) bond motifs is 1. The van der Waals surface area contributed by atoms with Gasteiger partial charge < -0.3 is 10.2 Å². The van der Waals surface area contributed by atoms with Crippen LogP contribution < -0.4 is 10.2 Å². The molecule has 0 bridgehead atoms. The number of anilines is 3. The molecule has 1 aliphatic heterocycles. The SMILES string of the molecule is CC(C)(C(=O)Nc1ccc(C(F)(F)F)cc1N1CCc2ccccc21)n1cc(I)cn1. The van der Waals surface area contributed by atoms with Gasteiger partial charge in [0.25, 0.3) is 5.91 Å². The molecule has 0 radical (unpaired) electrons. The Balaban J connectivity index is 1.73. The minimum Gasteiger partial charge on any atom is -0.339 e. The molecular formula is C22H20F3IN4O. The topological polar surface area (TPSA) is 50.2 Å². The first-order valence-corrected chi connectivity index (χ1v) is 10.7. The summed E-state index contributed by atoms with van der Waals surface area (Å²) in [6, 6.07) is 11.0. The number of para-hydroxylation sites is 1. The Labute approximate surface area is 191 Å². The van der Waals surface area contributed by atoms with Crippen molar-refractivity contribution in [2.75, 3.05) is 16.8 Å². The molecule has 0 spiro atoms. The van der Waals surface area contributed by atoms with E-state index in [0.717, 1.165) is 33.4 Å². The van der Waals surface area contributed by atoms with Gasteiger partial charge in [-0.25, -0.2) is 0 Å². The molecule has 1 amide bonds. The van der Waals surface area contributed by atoms with Crippen molar-refractivity contribution in [2.45, 2.75) is 32.0 Å². The number of hydrogen-bond donors (Lipinski definition) is 1. The number of hydrogen-bond acceptors (Lipinski definition) is 3. The average Bonchev–Trinajstić information content (AvgIpc) is 3.34. The maximum Gasteiger partial charge on any atom is 0.416 e. The van der Waals surface area contributed by atoms with Crippen LogP contribution in [-0.2, 0) is 22.9 Å². The molecule has 9 heteroatoms. The molecule has 1 aliphatic rings. The number of amides is 1. The lowest BCUT2D eigenvalue weighted by molar-refractivity contribution is -0.137. The van der Waals surface area contributed by atoms with Gasteiger partial charge in [0, 0.05) is 18.4 Å². The number of carbonyl (C=O) groups excluding carboxylic acids is 1. The van der Waals surface area contributed by atoms with Crippen LogP contribution in [0.15, 0.2) is 54.9 Å². The van der Waals surface area contributed by atoms with Gasteiger partial charge in [-0.3, -0.25) is 9.48 Å². The van der Waals surface area contributed by atoms with Gasteiger partial charge in [0.05, 0.1) is 26.7 Å². The fourth-order valence-corrected chi connectivity index (χ4v) is 4.00. The van der Waals surface area contributed by atoms with Crippen molar-refractivity contribution in [2.24, 2.45) is 0 Å². The molecule has 0 unspecified atom stereocenters. The van der Waals surface area contributed by atoms with Crippen molar-refractivity contribution in [3.05, 3.63) is 69.6 Å². The maximum absolute atomic E-state index is 13.4. The number of nitrogens with one attached hydrogen (secondary N) is 1. The molecule has 0 saturated carbocycles. The van der Waals surface area contributed by atoms with Gasteiger partial charge in [-0.2, -0.15) is 18.3 Å². The van der Waals surface area contributed by atoms with Gasteiger partial charge in [-0.1, -0.05) is 18.2 Å². The number of benzene rings is 2. The molecule has 1 N–H and O–H groups in total. The lowest BCUT2D eigenvalue weighted by atomic mass is 10.0. The summed E-state index contributed by atoms with van der Waals surface area (Å²) < 4.78 is 42.7. The Morgan fingerprint density at radius 1 is 1.13 bits per heavy atom. The first-order chi connectivity index (χ1) is 14.6. The predicted molar refractivity (Wildman–Crippen MR) is 121 cm³/mol. The molecule has 0 fully saturated rings. The summed E-state index contributed by atoms with van der Waals surface area (Å²) in [6.45, 7) is 3.95. The van der Waals surface area contributed by atoms with E-state index >= 15 is 0 Å². The van der Waals surface area contributed by atoms with E-state index in [-0.39, 0.29) is 5.91 Å². The van der Waals surface area contributed by atoms with Gasteiger partial charge in [0.1, 0.15) is 5.54 Å². The predicted octanol–water partition coefficient (Wildman–Crippen LogP) is 5.57. The molecule has 2 aromatic carbocycles. The summed E-state index contributed by atoms with van der Waals surface area (Å²) in [7, 11) is 0. The molecule has 162 valence electrons. The minimum absolute atomic E-state index is 0.318. The van der Waals surface area contributed by atoms with Crippen LogP contribution in [0.5, 0.6) is 0 Å². The third-order valence-corrected chi connectivity index (χ3v) is 5.99. The number of carbonyl (C=O) groups is 1. The highest BCUT2D eigenvalue weighted by Crippen LogP contribution is 2.42. The van der Waals surface area contributed by atoms with Crippen LogP contribution in [-0.4, -0.2) is 22.2 Å².